The molecule has 0 atom stereocenters. The number of benzene rings is 1. The molecule has 3 rings (SSSR count). The topological polar surface area (TPSA) is 92.4 Å². The van der Waals surface area contributed by atoms with E-state index in [1.54, 1.807) is 0 Å². The van der Waals surface area contributed by atoms with E-state index < -0.39 is 0 Å². The first kappa shape index (κ1) is 17.7. The molecule has 1 aliphatic heterocycles. The molecule has 1 fully saturated rings. The van der Waals surface area contributed by atoms with Gasteiger partial charge in [0.15, 0.2) is 4.34 Å². The highest BCUT2D eigenvalue weighted by Gasteiger charge is 2.23. The molecule has 7 nitrogen and oxygen atoms in total. The van der Waals surface area contributed by atoms with Gasteiger partial charge in [0.2, 0.25) is 16.9 Å². The van der Waals surface area contributed by atoms with Crippen LogP contribution in [-0.4, -0.2) is 58.8 Å². The molecule has 0 bridgehead atoms. The van der Waals surface area contributed by atoms with Crippen LogP contribution in [-0.2, 0) is 16.0 Å². The van der Waals surface area contributed by atoms with Gasteiger partial charge in [0.05, 0.1) is 12.2 Å². The molecule has 0 unspecified atom stereocenters. The van der Waals surface area contributed by atoms with Gasteiger partial charge < -0.3 is 15.5 Å². The van der Waals surface area contributed by atoms with Crippen LogP contribution in [0.1, 0.15) is 5.56 Å². The monoisotopic (exact) mass is 377 g/mol. The summed E-state index contributed by atoms with van der Waals surface area (Å²) >= 11 is 2.75. The Morgan fingerprint density at radius 1 is 1.12 bits per heavy atom. The number of aromatic nitrogens is 2. The normalized spacial score (nSPS) is 14.6. The number of carbonyl (C=O) groups excluding carboxylic acids is 2. The third kappa shape index (κ3) is 4.93. The van der Waals surface area contributed by atoms with E-state index in [4.69, 9.17) is 5.73 Å². The minimum absolute atomic E-state index is 0.154. The molecule has 1 aliphatic rings. The van der Waals surface area contributed by atoms with Crippen molar-refractivity contribution in [1.82, 2.24) is 15.1 Å². The van der Waals surface area contributed by atoms with Crippen LogP contribution >= 0.6 is 23.1 Å². The number of amides is 2. The number of anilines is 1. The molecule has 1 aromatic heterocycles. The van der Waals surface area contributed by atoms with Crippen molar-refractivity contribution in [2.45, 2.75) is 10.8 Å². The third-order valence-electron chi connectivity index (χ3n) is 3.83. The van der Waals surface area contributed by atoms with Crippen molar-refractivity contribution in [2.24, 2.45) is 5.73 Å². The second kappa shape index (κ2) is 8.30. The molecule has 2 heterocycles. The molecule has 2 aromatic rings. The van der Waals surface area contributed by atoms with E-state index in [9.17, 15) is 9.59 Å². The van der Waals surface area contributed by atoms with E-state index in [0.29, 0.717) is 19.5 Å². The van der Waals surface area contributed by atoms with E-state index in [2.05, 4.69) is 15.1 Å². The lowest BCUT2D eigenvalue weighted by atomic mass is 10.1. The zero-order chi connectivity index (χ0) is 17.6. The lowest BCUT2D eigenvalue weighted by Crippen LogP contribution is -2.49. The Kier molecular flexibility index (Phi) is 5.87. The number of thioether (sulfide) groups is 1. The SMILES string of the molecule is NC(=O)CSc1nnc(N2CCN(C(=O)Cc3ccccc3)CC2)s1. The van der Waals surface area contributed by atoms with Crippen LogP contribution in [0, 0.1) is 0 Å². The first-order valence-corrected chi connectivity index (χ1v) is 9.73. The maximum Gasteiger partial charge on any atom is 0.227 e. The number of nitrogens with zero attached hydrogens (tertiary/aromatic N) is 4. The summed E-state index contributed by atoms with van der Waals surface area (Å²) in [7, 11) is 0. The smallest absolute Gasteiger partial charge is 0.227 e. The molecule has 0 aliphatic carbocycles. The number of primary amides is 1. The molecule has 1 aromatic carbocycles. The fourth-order valence-electron chi connectivity index (χ4n) is 2.55. The van der Waals surface area contributed by atoms with E-state index in [0.717, 1.165) is 28.1 Å². The predicted molar refractivity (Wildman–Crippen MR) is 98.8 cm³/mol. The Hall–Kier alpha value is -2.13. The average Bonchev–Trinajstić information content (AvgIpc) is 3.10. The molecule has 2 amide bonds. The van der Waals surface area contributed by atoms with E-state index in [-0.39, 0.29) is 17.6 Å². The van der Waals surface area contributed by atoms with Crippen LogP contribution in [0.2, 0.25) is 0 Å². The Balaban J connectivity index is 1.50. The van der Waals surface area contributed by atoms with E-state index >= 15 is 0 Å². The van der Waals surface area contributed by atoms with Gasteiger partial charge in [-0.3, -0.25) is 9.59 Å². The zero-order valence-corrected chi connectivity index (χ0v) is 15.3. The van der Waals surface area contributed by atoms with Gasteiger partial charge >= 0.3 is 0 Å². The summed E-state index contributed by atoms with van der Waals surface area (Å²) in [5.74, 6) is -0.00995. The zero-order valence-electron chi connectivity index (χ0n) is 13.6. The van der Waals surface area contributed by atoms with Crippen molar-refractivity contribution in [3.63, 3.8) is 0 Å². The van der Waals surface area contributed by atoms with Gasteiger partial charge in [0.25, 0.3) is 0 Å². The molecule has 0 spiro atoms. The fourth-order valence-corrected chi connectivity index (χ4v) is 4.18. The Labute approximate surface area is 154 Å². The summed E-state index contributed by atoms with van der Waals surface area (Å²) < 4.78 is 0.733. The van der Waals surface area contributed by atoms with Crippen molar-refractivity contribution < 1.29 is 9.59 Å². The summed E-state index contributed by atoms with van der Waals surface area (Å²) in [6.45, 7) is 2.81. The Morgan fingerprint density at radius 2 is 1.84 bits per heavy atom. The summed E-state index contributed by atoms with van der Waals surface area (Å²) in [5.41, 5.74) is 6.17. The number of carbonyl (C=O) groups is 2. The minimum Gasteiger partial charge on any atom is -0.369 e. The van der Waals surface area contributed by atoms with Gasteiger partial charge in [-0.15, -0.1) is 10.2 Å². The quantitative estimate of drug-likeness (QED) is 0.755. The lowest BCUT2D eigenvalue weighted by Gasteiger charge is -2.34. The standard InChI is InChI=1S/C16H19N5O2S2/c17-13(22)11-24-16-19-18-15(25-16)21-8-6-20(7-9-21)14(23)10-12-4-2-1-3-5-12/h1-5H,6-11H2,(H2,17,22). The number of hydrogen-bond acceptors (Lipinski definition) is 7. The first-order chi connectivity index (χ1) is 12.1. The second-order valence-corrected chi connectivity index (χ2v) is 7.81. The van der Waals surface area contributed by atoms with Crippen LogP contribution in [0.25, 0.3) is 0 Å². The molecular formula is C16H19N5O2S2. The molecular weight excluding hydrogens is 358 g/mol. The van der Waals surface area contributed by atoms with Crippen LogP contribution in [0.4, 0.5) is 5.13 Å². The summed E-state index contributed by atoms with van der Waals surface area (Å²) in [6, 6.07) is 9.79. The van der Waals surface area contributed by atoms with Crippen molar-refractivity contribution in [3.8, 4) is 0 Å². The molecule has 132 valence electrons. The van der Waals surface area contributed by atoms with Gasteiger partial charge in [-0.25, -0.2) is 0 Å². The maximum atomic E-state index is 12.4. The van der Waals surface area contributed by atoms with Crippen molar-refractivity contribution >= 4 is 40.0 Å². The molecule has 0 radical (unpaired) electrons. The van der Waals surface area contributed by atoms with Gasteiger partial charge in [-0.2, -0.15) is 0 Å². The number of rotatable bonds is 6. The minimum atomic E-state index is -0.368. The molecule has 1 saturated heterocycles. The molecule has 25 heavy (non-hydrogen) atoms. The lowest BCUT2D eigenvalue weighted by molar-refractivity contribution is -0.130. The van der Waals surface area contributed by atoms with Crippen LogP contribution < -0.4 is 10.6 Å². The average molecular weight is 377 g/mol. The Bertz CT molecular complexity index is 729. The summed E-state index contributed by atoms with van der Waals surface area (Å²) in [5, 5.41) is 9.07. The van der Waals surface area contributed by atoms with Gasteiger partial charge in [0.1, 0.15) is 0 Å². The second-order valence-electron chi connectivity index (χ2n) is 5.64. The number of hydrogen-bond donors (Lipinski definition) is 1. The predicted octanol–water partition coefficient (Wildman–Crippen LogP) is 1.01. The largest absolute Gasteiger partial charge is 0.369 e. The van der Waals surface area contributed by atoms with E-state index in [1.165, 1.54) is 23.1 Å². The highest BCUT2D eigenvalue weighted by atomic mass is 32.2. The van der Waals surface area contributed by atoms with Crippen molar-refractivity contribution in [1.29, 1.82) is 0 Å². The molecule has 0 saturated carbocycles. The first-order valence-electron chi connectivity index (χ1n) is 7.93. The molecule has 9 heteroatoms. The van der Waals surface area contributed by atoms with Gasteiger partial charge in [-0.1, -0.05) is 53.4 Å². The van der Waals surface area contributed by atoms with Gasteiger partial charge in [0, 0.05) is 26.2 Å². The molecule has 2 N–H and O–H groups in total. The van der Waals surface area contributed by atoms with Crippen molar-refractivity contribution in [3.05, 3.63) is 35.9 Å². The summed E-state index contributed by atoms with van der Waals surface area (Å²) in [4.78, 5) is 27.2. The van der Waals surface area contributed by atoms with Gasteiger partial charge in [-0.05, 0) is 5.56 Å². The van der Waals surface area contributed by atoms with E-state index in [1.807, 2.05) is 35.2 Å². The number of nitrogens with two attached hydrogens (primary N) is 1. The highest BCUT2D eigenvalue weighted by molar-refractivity contribution is 8.01. The Morgan fingerprint density at radius 3 is 2.52 bits per heavy atom. The van der Waals surface area contributed by atoms with Crippen LogP contribution in [0.3, 0.4) is 0 Å². The van der Waals surface area contributed by atoms with Crippen LogP contribution in [0.15, 0.2) is 34.7 Å². The van der Waals surface area contributed by atoms with Crippen molar-refractivity contribution in [2.75, 3.05) is 36.8 Å². The maximum absolute atomic E-state index is 12.4. The highest BCUT2D eigenvalue weighted by Crippen LogP contribution is 2.28. The third-order valence-corrected chi connectivity index (χ3v) is 5.97. The number of piperazine rings is 1. The fraction of sp³-hybridized carbons (Fsp3) is 0.375. The van der Waals surface area contributed by atoms with Crippen LogP contribution in [0.5, 0.6) is 0 Å². The summed E-state index contributed by atoms with van der Waals surface area (Å²) in [6.07, 6.45) is 0.438.